The normalized spacial score (nSPS) is 14.5. The number of hydrogen-bond donors (Lipinski definition) is 2. The van der Waals surface area contributed by atoms with E-state index in [0.717, 1.165) is 0 Å². The molecule has 0 bridgehead atoms. The Morgan fingerprint density at radius 3 is 1.86 bits per heavy atom. The second-order valence-corrected chi connectivity index (χ2v) is 12.6. The van der Waals surface area contributed by atoms with Crippen LogP contribution in [0.25, 0.3) is 0 Å². The third-order valence-electron chi connectivity index (χ3n) is 5.46. The van der Waals surface area contributed by atoms with Crippen molar-refractivity contribution in [2.75, 3.05) is 6.61 Å². The Kier molecular flexibility index (Phi) is 7.58. The van der Waals surface area contributed by atoms with Gasteiger partial charge in [-0.15, -0.1) is 0 Å². The van der Waals surface area contributed by atoms with E-state index >= 15 is 0 Å². The molecule has 0 saturated heterocycles. The highest BCUT2D eigenvalue weighted by atomic mass is 28.4. The van der Waals surface area contributed by atoms with Crippen LogP contribution in [0.2, 0.25) is 5.04 Å². The Morgan fingerprint density at radius 1 is 1.04 bits per heavy atom. The number of nitrogens with two attached hydrogens (primary N) is 1. The predicted octanol–water partition coefficient (Wildman–Crippen LogP) is 3.39. The van der Waals surface area contributed by atoms with E-state index in [-0.39, 0.29) is 5.04 Å². The van der Waals surface area contributed by atoms with Crippen molar-refractivity contribution in [3.05, 3.63) is 60.7 Å². The second kappa shape index (κ2) is 9.50. The Labute approximate surface area is 169 Å². The quantitative estimate of drug-likeness (QED) is 0.634. The molecule has 0 radical (unpaired) electrons. The van der Waals surface area contributed by atoms with Crippen molar-refractivity contribution in [3.63, 3.8) is 0 Å². The maximum atomic E-state index is 11.4. The Morgan fingerprint density at radius 2 is 1.50 bits per heavy atom. The first-order valence-corrected chi connectivity index (χ1v) is 11.9. The van der Waals surface area contributed by atoms with Gasteiger partial charge in [-0.25, -0.2) is 0 Å². The molecule has 0 aliphatic rings. The molecule has 0 aromatic heterocycles. The average molecular weight is 400 g/mol. The molecular weight excluding hydrogens is 366 g/mol. The largest absolute Gasteiger partial charge is 0.481 e. The van der Waals surface area contributed by atoms with Crippen LogP contribution in [0.5, 0.6) is 0 Å². The molecule has 2 aromatic rings. The maximum absolute atomic E-state index is 11.4. The zero-order valence-corrected chi connectivity index (χ0v) is 18.4. The summed E-state index contributed by atoms with van der Waals surface area (Å²) in [4.78, 5) is 11.4. The van der Waals surface area contributed by atoms with Gasteiger partial charge < -0.3 is 15.3 Å². The zero-order chi connectivity index (χ0) is 20.8. The van der Waals surface area contributed by atoms with E-state index in [0.29, 0.717) is 19.4 Å². The van der Waals surface area contributed by atoms with Gasteiger partial charge in [0.25, 0.3) is 8.32 Å². The summed E-state index contributed by atoms with van der Waals surface area (Å²) in [6.07, 6.45) is 1.05. The fourth-order valence-electron chi connectivity index (χ4n) is 3.97. The molecule has 4 nitrogen and oxygen atoms in total. The van der Waals surface area contributed by atoms with Crippen LogP contribution in [0.15, 0.2) is 60.7 Å². The molecule has 0 aliphatic carbocycles. The number of hydrogen-bond acceptors (Lipinski definition) is 3. The highest BCUT2D eigenvalue weighted by Crippen LogP contribution is 2.36. The third-order valence-corrected chi connectivity index (χ3v) is 10.5. The lowest BCUT2D eigenvalue weighted by atomic mass is 9.96. The van der Waals surface area contributed by atoms with Gasteiger partial charge in [0.05, 0.1) is 5.92 Å². The fourth-order valence-corrected chi connectivity index (χ4v) is 8.55. The summed E-state index contributed by atoms with van der Waals surface area (Å²) < 4.78 is 6.78. The van der Waals surface area contributed by atoms with Gasteiger partial charge in [-0.1, -0.05) is 88.4 Å². The van der Waals surface area contributed by atoms with Crippen LogP contribution in [0, 0.1) is 5.92 Å². The Balaban J connectivity index is 2.38. The summed E-state index contributed by atoms with van der Waals surface area (Å²) in [5.41, 5.74) is 6.20. The van der Waals surface area contributed by atoms with Gasteiger partial charge in [-0.3, -0.25) is 4.79 Å². The van der Waals surface area contributed by atoms with Crippen LogP contribution >= 0.6 is 0 Å². The van der Waals surface area contributed by atoms with E-state index in [2.05, 4.69) is 69.3 Å². The van der Waals surface area contributed by atoms with E-state index in [1.165, 1.54) is 10.4 Å². The highest BCUT2D eigenvalue weighted by Gasteiger charge is 2.50. The van der Waals surface area contributed by atoms with Crippen molar-refractivity contribution in [3.8, 4) is 0 Å². The maximum Gasteiger partial charge on any atom is 0.308 e. The SMILES string of the molecule is CC[C@@H](C(=O)O)[C@H](N)CCO[Si](c1ccccc1)(c1ccccc1)C(C)(C)C. The smallest absolute Gasteiger partial charge is 0.308 e. The standard InChI is InChI=1S/C23H33NO3Si/c1-5-20(22(25)26)21(24)16-17-27-28(23(2,3)4,18-12-8-6-9-13-18)19-14-10-7-11-15-19/h6-15,20-21H,5,16-17,24H2,1-4H3,(H,25,26)/t20-,21-/m1/s1. The van der Waals surface area contributed by atoms with Crippen LogP contribution in [0.3, 0.4) is 0 Å². The monoisotopic (exact) mass is 399 g/mol. The van der Waals surface area contributed by atoms with Crippen molar-refractivity contribution in [1.82, 2.24) is 0 Å². The first-order chi connectivity index (χ1) is 13.2. The molecule has 0 aliphatic heterocycles. The summed E-state index contributed by atoms with van der Waals surface area (Å²) in [5, 5.41) is 11.7. The second-order valence-electron chi connectivity index (χ2n) is 8.32. The van der Waals surface area contributed by atoms with Gasteiger partial charge in [0.2, 0.25) is 0 Å². The molecule has 2 rings (SSSR count). The molecule has 0 spiro atoms. The first kappa shape index (κ1) is 22.3. The summed E-state index contributed by atoms with van der Waals surface area (Å²) >= 11 is 0. The molecular formula is C23H33NO3Si. The van der Waals surface area contributed by atoms with Crippen molar-refractivity contribution in [1.29, 1.82) is 0 Å². The summed E-state index contributed by atoms with van der Waals surface area (Å²) in [6, 6.07) is 20.4. The molecule has 152 valence electrons. The van der Waals surface area contributed by atoms with E-state index < -0.39 is 26.2 Å². The summed E-state index contributed by atoms with van der Waals surface area (Å²) in [6.45, 7) is 8.99. The number of rotatable bonds is 9. The van der Waals surface area contributed by atoms with Crippen molar-refractivity contribution >= 4 is 24.7 Å². The first-order valence-electron chi connectivity index (χ1n) is 9.97. The van der Waals surface area contributed by atoms with Crippen LogP contribution in [-0.4, -0.2) is 32.0 Å². The van der Waals surface area contributed by atoms with E-state index in [1.807, 2.05) is 19.1 Å². The molecule has 28 heavy (non-hydrogen) atoms. The van der Waals surface area contributed by atoms with Crippen LogP contribution < -0.4 is 16.1 Å². The van der Waals surface area contributed by atoms with Crippen LogP contribution in [0.1, 0.15) is 40.5 Å². The van der Waals surface area contributed by atoms with Gasteiger partial charge >= 0.3 is 5.97 Å². The van der Waals surface area contributed by atoms with Gasteiger partial charge in [0, 0.05) is 12.6 Å². The van der Waals surface area contributed by atoms with Crippen LogP contribution in [0.4, 0.5) is 0 Å². The third kappa shape index (κ3) is 4.72. The number of carboxylic acids is 1. The minimum atomic E-state index is -2.59. The molecule has 2 aromatic carbocycles. The Hall–Kier alpha value is -1.95. The fraction of sp³-hybridized carbons (Fsp3) is 0.435. The lowest BCUT2D eigenvalue weighted by Crippen LogP contribution is -2.66. The minimum absolute atomic E-state index is 0.100. The number of aliphatic carboxylic acids is 1. The number of carbonyl (C=O) groups is 1. The van der Waals surface area contributed by atoms with Crippen molar-refractivity contribution in [2.45, 2.75) is 51.6 Å². The van der Waals surface area contributed by atoms with E-state index in [9.17, 15) is 9.90 Å². The Bertz CT molecular complexity index is 704. The van der Waals surface area contributed by atoms with Gasteiger partial charge in [0.1, 0.15) is 0 Å². The number of benzene rings is 2. The highest BCUT2D eigenvalue weighted by molar-refractivity contribution is 6.99. The van der Waals surface area contributed by atoms with E-state index in [1.54, 1.807) is 0 Å². The molecule has 0 saturated carbocycles. The zero-order valence-electron chi connectivity index (χ0n) is 17.4. The molecule has 2 atom stereocenters. The molecule has 5 heteroatoms. The lowest BCUT2D eigenvalue weighted by molar-refractivity contribution is -0.142. The van der Waals surface area contributed by atoms with Gasteiger partial charge in [0.15, 0.2) is 0 Å². The van der Waals surface area contributed by atoms with Crippen molar-refractivity contribution < 1.29 is 14.3 Å². The molecule has 0 amide bonds. The minimum Gasteiger partial charge on any atom is -0.481 e. The van der Waals surface area contributed by atoms with Gasteiger partial charge in [-0.2, -0.15) is 0 Å². The van der Waals surface area contributed by atoms with Crippen LogP contribution in [-0.2, 0) is 9.22 Å². The average Bonchev–Trinajstić information content (AvgIpc) is 2.66. The summed E-state index contributed by atoms with van der Waals surface area (Å²) in [7, 11) is -2.59. The molecule has 0 unspecified atom stereocenters. The summed E-state index contributed by atoms with van der Waals surface area (Å²) in [5.74, 6) is -1.37. The predicted molar refractivity (Wildman–Crippen MR) is 118 cm³/mol. The van der Waals surface area contributed by atoms with Crippen molar-refractivity contribution in [2.24, 2.45) is 11.7 Å². The lowest BCUT2D eigenvalue weighted by Gasteiger charge is -2.43. The van der Waals surface area contributed by atoms with E-state index in [4.69, 9.17) is 10.2 Å². The molecule has 0 fully saturated rings. The molecule has 0 heterocycles. The topological polar surface area (TPSA) is 72.5 Å². The molecule has 3 N–H and O–H groups in total. The van der Waals surface area contributed by atoms with Gasteiger partial charge in [-0.05, 0) is 28.3 Å². The number of carboxylic acid groups (broad SMARTS) is 1.